The van der Waals surface area contributed by atoms with E-state index in [0.717, 1.165) is 6.42 Å². The summed E-state index contributed by atoms with van der Waals surface area (Å²) in [5.74, 6) is 0.257. The lowest BCUT2D eigenvalue weighted by atomic mass is 9.70. The first-order valence-electron chi connectivity index (χ1n) is 5.23. The predicted octanol–water partition coefficient (Wildman–Crippen LogP) is 0.670. The average Bonchev–Trinajstić information content (AvgIpc) is 2.34. The molecule has 15 heavy (non-hydrogen) atoms. The van der Waals surface area contributed by atoms with Crippen molar-refractivity contribution in [2.45, 2.75) is 33.1 Å². The first-order valence-corrected chi connectivity index (χ1v) is 6.94. The van der Waals surface area contributed by atoms with E-state index in [9.17, 15) is 13.2 Å². The lowest BCUT2D eigenvalue weighted by molar-refractivity contribution is -0.128. The molecule has 0 heterocycles. The van der Waals surface area contributed by atoms with E-state index in [1.807, 2.05) is 13.8 Å². The van der Waals surface area contributed by atoms with Gasteiger partial charge >= 0.3 is 0 Å². The van der Waals surface area contributed by atoms with Crippen molar-refractivity contribution in [2.75, 3.05) is 5.75 Å². The lowest BCUT2D eigenvalue weighted by Crippen LogP contribution is -2.43. The van der Waals surface area contributed by atoms with Gasteiger partial charge in [-0.3, -0.25) is 4.79 Å². The van der Waals surface area contributed by atoms with E-state index in [1.165, 1.54) is 0 Å². The van der Waals surface area contributed by atoms with Crippen LogP contribution in [0.5, 0.6) is 0 Å². The van der Waals surface area contributed by atoms with Crippen LogP contribution in [0, 0.1) is 16.7 Å². The molecule has 0 amide bonds. The Balaban J connectivity index is 2.45. The second kappa shape index (κ2) is 2.83. The second-order valence-electron chi connectivity index (χ2n) is 5.47. The van der Waals surface area contributed by atoms with Gasteiger partial charge in [0.15, 0.2) is 0 Å². The van der Waals surface area contributed by atoms with Gasteiger partial charge in [-0.25, -0.2) is 13.6 Å². The molecule has 0 aromatic heterocycles. The molecule has 0 saturated heterocycles. The topological polar surface area (TPSA) is 77.2 Å². The molecular formula is C10H17NO3S. The Labute approximate surface area is 90.3 Å². The first kappa shape index (κ1) is 11.1. The highest BCUT2D eigenvalue weighted by molar-refractivity contribution is 7.89. The number of Topliss-reactive ketones (excluding diaryl/α,β-unsaturated/α-hetero) is 1. The maximum absolute atomic E-state index is 11.9. The fourth-order valence-corrected chi connectivity index (χ4v) is 4.82. The molecular weight excluding hydrogens is 214 g/mol. The number of hydrogen-bond acceptors (Lipinski definition) is 3. The minimum Gasteiger partial charge on any atom is -0.299 e. The fraction of sp³-hybridized carbons (Fsp3) is 0.900. The maximum Gasteiger partial charge on any atom is 0.210 e. The number of ketones is 1. The van der Waals surface area contributed by atoms with Crippen molar-refractivity contribution in [3.8, 4) is 0 Å². The third-order valence-corrected chi connectivity index (χ3v) is 5.48. The van der Waals surface area contributed by atoms with Crippen LogP contribution in [0.2, 0.25) is 0 Å². The van der Waals surface area contributed by atoms with Gasteiger partial charge in [0.1, 0.15) is 5.78 Å². The number of carbonyl (C=O) groups excluding carboxylic acids is 1. The minimum atomic E-state index is -3.58. The van der Waals surface area contributed by atoms with Crippen molar-refractivity contribution in [3.05, 3.63) is 0 Å². The molecule has 0 spiro atoms. The summed E-state index contributed by atoms with van der Waals surface area (Å²) in [4.78, 5) is 11.9. The summed E-state index contributed by atoms with van der Waals surface area (Å²) in [7, 11) is -3.58. The summed E-state index contributed by atoms with van der Waals surface area (Å²) in [5.41, 5.74) is -0.915. The van der Waals surface area contributed by atoms with Crippen molar-refractivity contribution in [1.29, 1.82) is 0 Å². The quantitative estimate of drug-likeness (QED) is 0.758. The van der Waals surface area contributed by atoms with Gasteiger partial charge in [-0.2, -0.15) is 0 Å². The Morgan fingerprint density at radius 1 is 1.47 bits per heavy atom. The van der Waals surface area contributed by atoms with Gasteiger partial charge in [0.2, 0.25) is 10.0 Å². The zero-order chi connectivity index (χ0) is 11.5. The predicted molar refractivity (Wildman–Crippen MR) is 56.5 cm³/mol. The molecule has 2 N–H and O–H groups in total. The summed E-state index contributed by atoms with van der Waals surface area (Å²) in [6.07, 6.45) is 2.16. The first-order chi connectivity index (χ1) is 6.69. The minimum absolute atomic E-state index is 0.0952. The molecule has 5 heteroatoms. The van der Waals surface area contributed by atoms with Crippen LogP contribution in [0.25, 0.3) is 0 Å². The van der Waals surface area contributed by atoms with Crippen LogP contribution < -0.4 is 5.14 Å². The average molecular weight is 231 g/mol. The Morgan fingerprint density at radius 2 is 2.07 bits per heavy atom. The van der Waals surface area contributed by atoms with Gasteiger partial charge in [0.05, 0.1) is 5.75 Å². The largest absolute Gasteiger partial charge is 0.299 e. The molecule has 0 aromatic rings. The molecule has 2 rings (SSSR count). The molecule has 0 aliphatic heterocycles. The molecule has 2 bridgehead atoms. The summed E-state index contributed by atoms with van der Waals surface area (Å²) in [5, 5.41) is 5.10. The van der Waals surface area contributed by atoms with Crippen LogP contribution in [0.15, 0.2) is 0 Å². The van der Waals surface area contributed by atoms with E-state index in [1.54, 1.807) is 0 Å². The monoisotopic (exact) mass is 231 g/mol. The molecule has 2 aliphatic carbocycles. The molecule has 4 nitrogen and oxygen atoms in total. The van der Waals surface area contributed by atoms with Crippen molar-refractivity contribution in [2.24, 2.45) is 21.9 Å². The Kier molecular flexibility index (Phi) is 2.09. The SMILES string of the molecule is CC1(C)C2CC[C@]1(CS(N)(=O)=O)C(=O)C2. The number of rotatable bonds is 2. The van der Waals surface area contributed by atoms with E-state index in [0.29, 0.717) is 18.8 Å². The van der Waals surface area contributed by atoms with Gasteiger partial charge in [0, 0.05) is 11.8 Å². The second-order valence-corrected chi connectivity index (χ2v) is 7.09. The molecule has 2 atom stereocenters. The highest BCUT2D eigenvalue weighted by Crippen LogP contribution is 2.64. The number of sulfonamides is 1. The Bertz CT molecular complexity index is 412. The van der Waals surface area contributed by atoms with Gasteiger partial charge in [-0.1, -0.05) is 13.8 Å². The van der Waals surface area contributed by atoms with Crippen LogP contribution in [-0.2, 0) is 14.8 Å². The standard InChI is InChI=1S/C10H17NO3S/c1-9(2)7-3-4-10(9,8(12)5-7)6-15(11,13)14/h7H,3-6H2,1-2H3,(H2,11,13,14)/t7?,10-/m0/s1. The van der Waals surface area contributed by atoms with E-state index >= 15 is 0 Å². The third kappa shape index (κ3) is 1.36. The molecule has 2 aliphatic rings. The van der Waals surface area contributed by atoms with E-state index in [2.05, 4.69) is 0 Å². The van der Waals surface area contributed by atoms with Crippen molar-refractivity contribution in [1.82, 2.24) is 0 Å². The highest BCUT2D eigenvalue weighted by atomic mass is 32.2. The molecule has 0 radical (unpaired) electrons. The number of fused-ring (bicyclic) bond motifs is 2. The Hall–Kier alpha value is -0.420. The van der Waals surface area contributed by atoms with Crippen LogP contribution in [0.4, 0.5) is 0 Å². The molecule has 2 saturated carbocycles. The normalized spacial score (nSPS) is 38.6. The van der Waals surface area contributed by atoms with Gasteiger partial charge in [0.25, 0.3) is 0 Å². The summed E-state index contributed by atoms with van der Waals surface area (Å²) in [6.45, 7) is 4.00. The molecule has 86 valence electrons. The number of carbonyl (C=O) groups is 1. The van der Waals surface area contributed by atoms with Crippen molar-refractivity contribution in [3.63, 3.8) is 0 Å². The smallest absolute Gasteiger partial charge is 0.210 e. The van der Waals surface area contributed by atoms with Crippen LogP contribution >= 0.6 is 0 Å². The van der Waals surface area contributed by atoms with Crippen LogP contribution in [-0.4, -0.2) is 20.0 Å². The van der Waals surface area contributed by atoms with Crippen LogP contribution in [0.3, 0.4) is 0 Å². The molecule has 2 fully saturated rings. The molecule has 0 aromatic carbocycles. The third-order valence-electron chi connectivity index (χ3n) is 4.59. The number of nitrogens with two attached hydrogens (primary N) is 1. The zero-order valence-corrected chi connectivity index (χ0v) is 9.93. The lowest BCUT2D eigenvalue weighted by Gasteiger charge is -2.35. The zero-order valence-electron chi connectivity index (χ0n) is 9.12. The fourth-order valence-electron chi connectivity index (χ4n) is 3.45. The van der Waals surface area contributed by atoms with E-state index in [-0.39, 0.29) is 17.0 Å². The van der Waals surface area contributed by atoms with Gasteiger partial charge in [-0.05, 0) is 24.2 Å². The van der Waals surface area contributed by atoms with E-state index < -0.39 is 15.4 Å². The van der Waals surface area contributed by atoms with E-state index in [4.69, 9.17) is 5.14 Å². The summed E-state index contributed by atoms with van der Waals surface area (Å²) >= 11 is 0. The molecule has 1 unspecified atom stereocenters. The van der Waals surface area contributed by atoms with Gasteiger partial charge in [-0.15, -0.1) is 0 Å². The van der Waals surface area contributed by atoms with Crippen molar-refractivity contribution < 1.29 is 13.2 Å². The van der Waals surface area contributed by atoms with Crippen molar-refractivity contribution >= 4 is 15.8 Å². The highest BCUT2D eigenvalue weighted by Gasteiger charge is 2.65. The van der Waals surface area contributed by atoms with Crippen LogP contribution in [0.1, 0.15) is 33.1 Å². The van der Waals surface area contributed by atoms with Gasteiger partial charge < -0.3 is 0 Å². The number of hydrogen-bond donors (Lipinski definition) is 1. The number of primary sulfonamides is 1. The Morgan fingerprint density at radius 3 is 2.40 bits per heavy atom. The maximum atomic E-state index is 11.9. The summed E-state index contributed by atoms with van der Waals surface area (Å²) < 4.78 is 22.5. The summed E-state index contributed by atoms with van der Waals surface area (Å²) in [6, 6.07) is 0.